The standard InChI is InChI=1S/C12H24O/c1-2-3-4-5-6-7-8-11-9-12(11)10-13/h11-13H,2-10H2,1H3/t11-,12?/m0/s1. The molecule has 0 aliphatic heterocycles. The topological polar surface area (TPSA) is 20.2 Å². The van der Waals surface area contributed by atoms with E-state index in [2.05, 4.69) is 6.92 Å². The Bertz CT molecular complexity index is 122. The Kier molecular flexibility index (Phi) is 5.45. The van der Waals surface area contributed by atoms with Crippen LogP contribution in [0.4, 0.5) is 0 Å². The minimum atomic E-state index is 0.431. The molecule has 0 heterocycles. The molecule has 1 saturated carbocycles. The predicted octanol–water partition coefficient (Wildman–Crippen LogP) is 3.37. The van der Waals surface area contributed by atoms with Crippen molar-refractivity contribution in [1.29, 1.82) is 0 Å². The van der Waals surface area contributed by atoms with Crippen LogP contribution in [0.15, 0.2) is 0 Å². The monoisotopic (exact) mass is 184 g/mol. The maximum Gasteiger partial charge on any atom is 0.0462 e. The molecule has 0 amide bonds. The minimum Gasteiger partial charge on any atom is -0.396 e. The first kappa shape index (κ1) is 11.0. The van der Waals surface area contributed by atoms with Crippen molar-refractivity contribution in [1.82, 2.24) is 0 Å². The normalized spacial score (nSPS) is 26.3. The van der Waals surface area contributed by atoms with Gasteiger partial charge in [0.05, 0.1) is 0 Å². The second kappa shape index (κ2) is 6.42. The molecule has 1 N–H and O–H groups in total. The maximum atomic E-state index is 8.85. The lowest BCUT2D eigenvalue weighted by Crippen LogP contribution is -1.89. The molecule has 0 bridgehead atoms. The van der Waals surface area contributed by atoms with Crippen molar-refractivity contribution < 1.29 is 5.11 Å². The van der Waals surface area contributed by atoms with Crippen molar-refractivity contribution in [2.45, 2.75) is 58.3 Å². The van der Waals surface area contributed by atoms with Gasteiger partial charge in [-0.25, -0.2) is 0 Å². The van der Waals surface area contributed by atoms with Crippen LogP contribution < -0.4 is 0 Å². The van der Waals surface area contributed by atoms with E-state index in [0.717, 1.165) is 5.92 Å². The van der Waals surface area contributed by atoms with E-state index in [1.54, 1.807) is 0 Å². The van der Waals surface area contributed by atoms with Gasteiger partial charge in [-0.3, -0.25) is 0 Å². The zero-order chi connectivity index (χ0) is 9.52. The number of hydrogen-bond donors (Lipinski definition) is 1. The Morgan fingerprint density at radius 3 is 2.31 bits per heavy atom. The van der Waals surface area contributed by atoms with Crippen molar-refractivity contribution in [3.8, 4) is 0 Å². The van der Waals surface area contributed by atoms with Crippen LogP contribution in [0.2, 0.25) is 0 Å². The van der Waals surface area contributed by atoms with Gasteiger partial charge in [-0.15, -0.1) is 0 Å². The molecular formula is C12H24O. The smallest absolute Gasteiger partial charge is 0.0462 e. The molecule has 1 rings (SSSR count). The summed E-state index contributed by atoms with van der Waals surface area (Å²) in [4.78, 5) is 0. The predicted molar refractivity (Wildman–Crippen MR) is 56.7 cm³/mol. The van der Waals surface area contributed by atoms with Gasteiger partial charge in [-0.2, -0.15) is 0 Å². The van der Waals surface area contributed by atoms with Gasteiger partial charge in [0.15, 0.2) is 0 Å². The van der Waals surface area contributed by atoms with E-state index in [4.69, 9.17) is 5.11 Å². The van der Waals surface area contributed by atoms with Crippen LogP contribution >= 0.6 is 0 Å². The first-order valence-corrected chi connectivity index (χ1v) is 5.99. The van der Waals surface area contributed by atoms with Crippen LogP contribution in [0, 0.1) is 11.8 Å². The van der Waals surface area contributed by atoms with E-state index in [-0.39, 0.29) is 0 Å². The van der Waals surface area contributed by atoms with Crippen LogP contribution in [-0.4, -0.2) is 11.7 Å². The van der Waals surface area contributed by atoms with Crippen LogP contribution in [0.1, 0.15) is 58.3 Å². The Balaban J connectivity index is 1.75. The summed E-state index contributed by atoms with van der Waals surface area (Å²) in [7, 11) is 0. The number of aliphatic hydroxyl groups excluding tert-OH is 1. The summed E-state index contributed by atoms with van der Waals surface area (Å²) < 4.78 is 0. The minimum absolute atomic E-state index is 0.431. The zero-order valence-corrected chi connectivity index (χ0v) is 8.97. The molecule has 1 fully saturated rings. The largest absolute Gasteiger partial charge is 0.396 e. The molecule has 0 spiro atoms. The molecule has 1 heteroatoms. The lowest BCUT2D eigenvalue weighted by molar-refractivity contribution is 0.267. The third kappa shape index (κ3) is 4.66. The molecule has 2 atom stereocenters. The van der Waals surface area contributed by atoms with Gasteiger partial charge < -0.3 is 5.11 Å². The molecular weight excluding hydrogens is 160 g/mol. The highest BCUT2D eigenvalue weighted by Gasteiger charge is 2.34. The van der Waals surface area contributed by atoms with Crippen molar-refractivity contribution in [3.05, 3.63) is 0 Å². The van der Waals surface area contributed by atoms with Gasteiger partial charge >= 0.3 is 0 Å². The fraction of sp³-hybridized carbons (Fsp3) is 1.00. The van der Waals surface area contributed by atoms with Gasteiger partial charge in [0.25, 0.3) is 0 Å². The molecule has 78 valence electrons. The number of hydrogen-bond acceptors (Lipinski definition) is 1. The highest BCUT2D eigenvalue weighted by atomic mass is 16.3. The molecule has 0 saturated heterocycles. The quantitative estimate of drug-likeness (QED) is 0.573. The summed E-state index contributed by atoms with van der Waals surface area (Å²) in [5, 5.41) is 8.85. The fourth-order valence-electron chi connectivity index (χ4n) is 2.07. The second-order valence-electron chi connectivity index (χ2n) is 4.49. The van der Waals surface area contributed by atoms with Crippen LogP contribution in [0.3, 0.4) is 0 Å². The Hall–Kier alpha value is -0.0400. The number of rotatable bonds is 8. The number of aliphatic hydroxyl groups is 1. The van der Waals surface area contributed by atoms with Crippen LogP contribution in [-0.2, 0) is 0 Å². The molecule has 0 aromatic rings. The summed E-state index contributed by atoms with van der Waals surface area (Å²) in [5.41, 5.74) is 0. The van der Waals surface area contributed by atoms with E-state index >= 15 is 0 Å². The second-order valence-corrected chi connectivity index (χ2v) is 4.49. The van der Waals surface area contributed by atoms with E-state index in [1.807, 2.05) is 0 Å². The Morgan fingerprint density at radius 1 is 1.00 bits per heavy atom. The maximum absolute atomic E-state index is 8.85. The summed E-state index contributed by atoms with van der Waals surface area (Å²) in [6.07, 6.45) is 11.1. The van der Waals surface area contributed by atoms with Gasteiger partial charge in [0.2, 0.25) is 0 Å². The average Bonchev–Trinajstić information content (AvgIpc) is 2.90. The molecule has 1 unspecified atom stereocenters. The number of unbranched alkanes of at least 4 members (excludes halogenated alkanes) is 5. The third-order valence-corrected chi connectivity index (χ3v) is 3.23. The first-order valence-electron chi connectivity index (χ1n) is 5.99. The highest BCUT2D eigenvalue weighted by Crippen LogP contribution is 2.41. The summed E-state index contributed by atoms with van der Waals surface area (Å²) in [5.74, 6) is 1.56. The molecule has 1 nitrogen and oxygen atoms in total. The third-order valence-electron chi connectivity index (χ3n) is 3.23. The molecule has 0 aromatic heterocycles. The first-order chi connectivity index (χ1) is 6.38. The lowest BCUT2D eigenvalue weighted by Gasteiger charge is -1.99. The summed E-state index contributed by atoms with van der Waals surface area (Å²) in [6, 6.07) is 0. The summed E-state index contributed by atoms with van der Waals surface area (Å²) in [6.45, 7) is 2.69. The van der Waals surface area contributed by atoms with Crippen LogP contribution in [0.25, 0.3) is 0 Å². The van der Waals surface area contributed by atoms with E-state index in [9.17, 15) is 0 Å². The molecule has 13 heavy (non-hydrogen) atoms. The van der Waals surface area contributed by atoms with Crippen molar-refractivity contribution in [2.24, 2.45) is 11.8 Å². The SMILES string of the molecule is CCCCCCCC[C@H]1CC1CO. The lowest BCUT2D eigenvalue weighted by atomic mass is 10.1. The Labute approximate surface area is 82.5 Å². The average molecular weight is 184 g/mol. The van der Waals surface area contributed by atoms with Gasteiger partial charge in [-0.05, 0) is 18.3 Å². The molecule has 1 aliphatic carbocycles. The molecule has 0 radical (unpaired) electrons. The van der Waals surface area contributed by atoms with E-state index in [0.29, 0.717) is 12.5 Å². The highest BCUT2D eigenvalue weighted by molar-refractivity contribution is 4.84. The van der Waals surface area contributed by atoms with E-state index < -0.39 is 0 Å². The van der Waals surface area contributed by atoms with Crippen molar-refractivity contribution in [2.75, 3.05) is 6.61 Å². The van der Waals surface area contributed by atoms with Gasteiger partial charge in [0.1, 0.15) is 0 Å². The fourth-order valence-corrected chi connectivity index (χ4v) is 2.07. The van der Waals surface area contributed by atoms with Crippen molar-refractivity contribution >= 4 is 0 Å². The molecule has 0 aromatic carbocycles. The zero-order valence-electron chi connectivity index (χ0n) is 8.97. The van der Waals surface area contributed by atoms with E-state index in [1.165, 1.54) is 51.4 Å². The van der Waals surface area contributed by atoms with Gasteiger partial charge in [-0.1, -0.05) is 51.9 Å². The summed E-state index contributed by atoms with van der Waals surface area (Å²) >= 11 is 0. The van der Waals surface area contributed by atoms with Crippen molar-refractivity contribution in [3.63, 3.8) is 0 Å². The Morgan fingerprint density at radius 2 is 1.69 bits per heavy atom. The van der Waals surface area contributed by atoms with Gasteiger partial charge in [0, 0.05) is 6.61 Å². The molecule has 1 aliphatic rings. The van der Waals surface area contributed by atoms with Crippen LogP contribution in [0.5, 0.6) is 0 Å².